The van der Waals surface area contributed by atoms with E-state index in [4.69, 9.17) is 28.4 Å². The molecular weight excluding hydrogens is 806 g/mol. The lowest BCUT2D eigenvalue weighted by Gasteiger charge is -2.63. The van der Waals surface area contributed by atoms with E-state index >= 15 is 8.78 Å². The fourth-order valence-electron chi connectivity index (χ4n) is 10.2. The number of nitrogens with zero attached hydrogens (tertiary/aromatic N) is 2. The average Bonchev–Trinajstić information content (AvgIpc) is 3.59. The largest absolute Gasteiger partial charge is 0.514 e. The Morgan fingerprint density at radius 2 is 1.77 bits per heavy atom. The number of ketones is 2. The van der Waals surface area contributed by atoms with Gasteiger partial charge in [0.1, 0.15) is 18.9 Å². The van der Waals surface area contributed by atoms with Crippen LogP contribution in [0.4, 0.5) is 13.6 Å². The molecule has 328 valence electrons. The van der Waals surface area contributed by atoms with E-state index in [-0.39, 0.29) is 67.8 Å². The number of benzene rings is 1. The van der Waals surface area contributed by atoms with Crippen LogP contribution in [0.2, 0.25) is 0 Å². The van der Waals surface area contributed by atoms with Gasteiger partial charge in [-0.1, -0.05) is 13.0 Å². The molecule has 3 saturated carbocycles. The van der Waals surface area contributed by atoms with Crippen molar-refractivity contribution >= 4 is 23.7 Å². The summed E-state index contributed by atoms with van der Waals surface area (Å²) in [5.41, 5.74) is -7.30. The first kappa shape index (κ1) is 44.3. The van der Waals surface area contributed by atoms with Crippen LogP contribution in [0.15, 0.2) is 42.0 Å². The molecule has 1 saturated heterocycles. The summed E-state index contributed by atoms with van der Waals surface area (Å²) in [6, 6.07) is 3.69. The van der Waals surface area contributed by atoms with Gasteiger partial charge in [0.15, 0.2) is 40.9 Å². The molecule has 4 fully saturated rings. The van der Waals surface area contributed by atoms with Crippen LogP contribution in [-0.4, -0.2) is 107 Å². The van der Waals surface area contributed by atoms with Crippen LogP contribution < -0.4 is 9.47 Å². The van der Waals surface area contributed by atoms with Gasteiger partial charge in [-0.3, -0.25) is 9.59 Å². The highest BCUT2D eigenvalue weighted by Crippen LogP contribution is 2.72. The third-order valence-electron chi connectivity index (χ3n) is 12.7. The maximum atomic E-state index is 17.7. The zero-order valence-corrected chi connectivity index (χ0v) is 33.4. The zero-order chi connectivity index (χ0) is 44.0. The number of methoxy groups -OCH3 is 1. The second-order valence-electron chi connectivity index (χ2n) is 16.5. The number of alkyl halides is 2. The van der Waals surface area contributed by atoms with Gasteiger partial charge in [0.2, 0.25) is 5.78 Å². The molecule has 21 heteroatoms. The number of allylic oxidation sites excluding steroid dienone is 4. The molecule has 0 radical (unpaired) electrons. The molecule has 4 aliphatic carbocycles. The highest BCUT2D eigenvalue weighted by molar-refractivity contribution is 6.01. The van der Waals surface area contributed by atoms with Crippen molar-refractivity contribution in [2.24, 2.45) is 22.7 Å². The third-order valence-corrected chi connectivity index (χ3v) is 12.7. The van der Waals surface area contributed by atoms with Crippen molar-refractivity contribution in [2.75, 3.05) is 26.9 Å². The number of hydrogen-bond acceptors (Lipinski definition) is 17. The molecule has 0 amide bonds. The standard InChI is InChI=1S/C39H46F2N2O17/c1-35(2)58-32-17-24-25-16-27(40)26-15-22(44)11-12-36(26,3)38(25,41)30(45)18-37(24,4)39(32,60-35)31(46)20-55-34(48)57-28-10-9-21(14-29(28)53-5)33(47)54-13-7-6-8-23(59-43(51)52)19-56-42(49)50/h9-12,14-15,23-25,27,30,32,45H,6-8,13,16-20H2,1-5H3/t23?,24?,25?,27-,30-,32+,36-,37-,38-,39+/m0/s1. The predicted octanol–water partition coefficient (Wildman–Crippen LogP) is 4.71. The Balaban J connectivity index is 1.09. The number of carbonyl (C=O) groups excluding carboxylic acids is 4. The maximum Gasteiger partial charge on any atom is 0.514 e. The van der Waals surface area contributed by atoms with E-state index in [1.165, 1.54) is 44.4 Å². The molecule has 1 aromatic carbocycles. The number of unbranched alkanes of at least 4 members (excludes halogenated alkanes) is 1. The molecule has 19 nitrogen and oxygen atoms in total. The van der Waals surface area contributed by atoms with Crippen LogP contribution in [0.3, 0.4) is 0 Å². The van der Waals surface area contributed by atoms with Gasteiger partial charge in [-0.2, -0.15) is 0 Å². The molecule has 0 bridgehead atoms. The van der Waals surface area contributed by atoms with Gasteiger partial charge in [0.25, 0.3) is 10.2 Å². The van der Waals surface area contributed by atoms with Crippen molar-refractivity contribution < 1.29 is 81.3 Å². The Bertz CT molecular complexity index is 1990. The Morgan fingerprint density at radius 1 is 1.03 bits per heavy atom. The highest BCUT2D eigenvalue weighted by atomic mass is 19.1. The molecule has 6 rings (SSSR count). The Morgan fingerprint density at radius 3 is 2.45 bits per heavy atom. The Hall–Kier alpha value is -5.28. The van der Waals surface area contributed by atoms with E-state index in [1.807, 2.05) is 0 Å². The topological polar surface area (TPSA) is 249 Å². The molecule has 60 heavy (non-hydrogen) atoms. The van der Waals surface area contributed by atoms with Gasteiger partial charge < -0.3 is 43.2 Å². The number of carbonyl (C=O) groups is 4. The number of aliphatic hydroxyl groups is 1. The molecule has 1 N–H and O–H groups in total. The van der Waals surface area contributed by atoms with E-state index in [2.05, 4.69) is 9.68 Å². The van der Waals surface area contributed by atoms with Crippen LogP contribution in [0, 0.1) is 42.9 Å². The number of hydrogen-bond donors (Lipinski definition) is 1. The fraction of sp³-hybridized carbons (Fsp3) is 0.641. The van der Waals surface area contributed by atoms with E-state index < -0.39 is 111 Å². The van der Waals surface area contributed by atoms with Crippen LogP contribution >= 0.6 is 0 Å². The van der Waals surface area contributed by atoms with E-state index in [1.54, 1.807) is 20.8 Å². The molecule has 5 aliphatic rings. The van der Waals surface area contributed by atoms with Gasteiger partial charge in [-0.25, -0.2) is 18.4 Å². The summed E-state index contributed by atoms with van der Waals surface area (Å²) in [7, 11) is 1.23. The van der Waals surface area contributed by atoms with Gasteiger partial charge in [-0.05, 0) is 101 Å². The van der Waals surface area contributed by atoms with Crippen molar-refractivity contribution in [1.29, 1.82) is 0 Å². The number of esters is 1. The van der Waals surface area contributed by atoms with Crippen molar-refractivity contribution in [2.45, 2.75) is 108 Å². The summed E-state index contributed by atoms with van der Waals surface area (Å²) in [5, 5.41) is 30.6. The van der Waals surface area contributed by atoms with Gasteiger partial charge in [0, 0.05) is 16.7 Å². The Labute approximate surface area is 341 Å². The van der Waals surface area contributed by atoms with Gasteiger partial charge in [0.05, 0.1) is 31.5 Å². The van der Waals surface area contributed by atoms with Crippen LogP contribution in [-0.2, 0) is 38.2 Å². The average molecular weight is 853 g/mol. The molecule has 10 atom stereocenters. The SMILES string of the molecule is COc1cc(C(=O)OCCCCC(CO[N+](=O)[O-])O[N+](=O)[O-])ccc1OC(=O)OCC(=O)[C@@]12OC(C)(C)O[C@@H]1CC1C3C[C@H](F)C4=CC(=O)C=C[C@]4(C)[C@@]3(F)[C@@H](O)C[C@@]12C. The summed E-state index contributed by atoms with van der Waals surface area (Å²) in [6.45, 7) is 4.63. The van der Waals surface area contributed by atoms with E-state index in [9.17, 15) is 44.5 Å². The zero-order valence-electron chi connectivity index (χ0n) is 33.4. The summed E-state index contributed by atoms with van der Waals surface area (Å²) in [5.74, 6) is -5.50. The monoisotopic (exact) mass is 852 g/mol. The molecule has 0 aromatic heterocycles. The molecular formula is C39H46F2N2O17. The summed E-state index contributed by atoms with van der Waals surface area (Å²) in [6.07, 6.45) is -3.51. The van der Waals surface area contributed by atoms with Crippen molar-refractivity contribution in [3.8, 4) is 11.5 Å². The van der Waals surface area contributed by atoms with Gasteiger partial charge in [-0.15, -0.1) is 20.2 Å². The maximum absolute atomic E-state index is 17.7. The highest BCUT2D eigenvalue weighted by Gasteiger charge is 2.80. The van der Waals surface area contributed by atoms with E-state index in [0.29, 0.717) is 0 Å². The smallest absolute Gasteiger partial charge is 0.493 e. The number of fused-ring (bicyclic) bond motifs is 7. The van der Waals surface area contributed by atoms with Gasteiger partial charge >= 0.3 is 12.1 Å². The first-order valence-corrected chi connectivity index (χ1v) is 19.3. The van der Waals surface area contributed by atoms with Crippen LogP contribution in [0.25, 0.3) is 0 Å². The number of Topliss-reactive ketones (excluding diaryl/α,β-unsaturated/α-hetero) is 1. The lowest BCUT2D eigenvalue weighted by atomic mass is 9.44. The summed E-state index contributed by atoms with van der Waals surface area (Å²) in [4.78, 5) is 81.9. The van der Waals surface area contributed by atoms with Crippen molar-refractivity contribution in [3.05, 3.63) is 67.8 Å². The molecule has 1 aliphatic heterocycles. The van der Waals surface area contributed by atoms with Crippen molar-refractivity contribution in [3.63, 3.8) is 0 Å². The lowest BCUT2D eigenvalue weighted by molar-refractivity contribution is -0.790. The first-order chi connectivity index (χ1) is 28.1. The van der Waals surface area contributed by atoms with Crippen LogP contribution in [0.1, 0.15) is 76.6 Å². The minimum Gasteiger partial charge on any atom is -0.493 e. The minimum absolute atomic E-state index is 0.000600. The second kappa shape index (κ2) is 16.3. The number of halogens is 2. The quantitative estimate of drug-likeness (QED) is 0.0777. The van der Waals surface area contributed by atoms with Crippen LogP contribution in [0.5, 0.6) is 11.5 Å². The molecule has 1 aromatic rings. The van der Waals surface area contributed by atoms with Crippen molar-refractivity contribution in [1.82, 2.24) is 0 Å². The second-order valence-corrected chi connectivity index (χ2v) is 16.5. The number of ether oxygens (including phenoxy) is 6. The number of aliphatic hydroxyl groups excluding tert-OH is 1. The molecule has 0 spiro atoms. The third kappa shape index (κ3) is 7.66. The molecule has 3 unspecified atom stereocenters. The Kier molecular flexibility index (Phi) is 12.0. The minimum atomic E-state index is -2.41. The predicted molar refractivity (Wildman–Crippen MR) is 196 cm³/mol. The number of rotatable bonds is 16. The molecule has 1 heterocycles. The fourth-order valence-corrected chi connectivity index (χ4v) is 10.2. The van der Waals surface area contributed by atoms with E-state index in [0.717, 1.165) is 6.08 Å². The first-order valence-electron chi connectivity index (χ1n) is 19.3. The normalized spacial score (nSPS) is 33.8. The summed E-state index contributed by atoms with van der Waals surface area (Å²) < 4.78 is 67.4. The summed E-state index contributed by atoms with van der Waals surface area (Å²) >= 11 is 0. The lowest BCUT2D eigenvalue weighted by Crippen LogP contribution is -2.71.